The van der Waals surface area contributed by atoms with Gasteiger partial charge >= 0.3 is 0 Å². The number of unbranched alkanes of at least 4 members (excludes halogenated alkanes) is 2. The molecular formula is C20H26O4. The van der Waals surface area contributed by atoms with Crippen LogP contribution in [-0.4, -0.2) is 16.5 Å². The summed E-state index contributed by atoms with van der Waals surface area (Å²) < 4.78 is 11.6. The van der Waals surface area contributed by atoms with E-state index in [2.05, 4.69) is 6.92 Å². The smallest absolute Gasteiger partial charge is 0.202 e. The van der Waals surface area contributed by atoms with Crippen molar-refractivity contribution in [2.45, 2.75) is 51.8 Å². The van der Waals surface area contributed by atoms with E-state index < -0.39 is 12.6 Å². The fourth-order valence-electron chi connectivity index (χ4n) is 2.38. The summed E-state index contributed by atoms with van der Waals surface area (Å²) in [6, 6.07) is 16.5. The van der Waals surface area contributed by atoms with Gasteiger partial charge in [0.05, 0.1) is 6.61 Å². The van der Waals surface area contributed by atoms with Crippen LogP contribution in [0.4, 0.5) is 0 Å². The van der Waals surface area contributed by atoms with Crippen molar-refractivity contribution in [1.29, 1.82) is 0 Å². The molecule has 0 fully saturated rings. The predicted octanol–water partition coefficient (Wildman–Crippen LogP) is 4.17. The highest BCUT2D eigenvalue weighted by Gasteiger charge is 2.17. The lowest BCUT2D eigenvalue weighted by atomic mass is 10.2. The van der Waals surface area contributed by atoms with Gasteiger partial charge in [-0.1, -0.05) is 62.2 Å². The molecule has 4 nitrogen and oxygen atoms in total. The largest absolute Gasteiger partial charge is 0.465 e. The topological polar surface area (TPSA) is 58.9 Å². The maximum absolute atomic E-state index is 10.3. The van der Waals surface area contributed by atoms with Gasteiger partial charge < -0.3 is 19.7 Å². The summed E-state index contributed by atoms with van der Waals surface area (Å²) in [5.41, 5.74) is 1.53. The van der Waals surface area contributed by atoms with Crippen LogP contribution in [0.25, 0.3) is 0 Å². The van der Waals surface area contributed by atoms with Crippen LogP contribution >= 0.6 is 0 Å². The first-order valence-electron chi connectivity index (χ1n) is 8.48. The SMILES string of the molecule is CCCCCC(Oc1ccc(CO)cc1)OC(O)c1ccccc1. The van der Waals surface area contributed by atoms with Crippen molar-refractivity contribution in [3.63, 3.8) is 0 Å². The molecule has 0 radical (unpaired) electrons. The van der Waals surface area contributed by atoms with Crippen molar-refractivity contribution < 1.29 is 19.7 Å². The van der Waals surface area contributed by atoms with Gasteiger partial charge in [-0.05, 0) is 24.1 Å². The lowest BCUT2D eigenvalue weighted by molar-refractivity contribution is -0.203. The Bertz CT molecular complexity index is 568. The third-order valence-electron chi connectivity index (χ3n) is 3.78. The third-order valence-corrected chi connectivity index (χ3v) is 3.78. The van der Waals surface area contributed by atoms with Gasteiger partial charge in [0.2, 0.25) is 6.29 Å². The first kappa shape index (κ1) is 18.5. The summed E-state index contributed by atoms with van der Waals surface area (Å²) in [6.45, 7) is 2.15. The first-order chi connectivity index (χ1) is 11.7. The van der Waals surface area contributed by atoms with Gasteiger partial charge in [0.1, 0.15) is 5.75 Å². The van der Waals surface area contributed by atoms with E-state index in [1.807, 2.05) is 42.5 Å². The number of aliphatic hydroxyl groups is 2. The van der Waals surface area contributed by atoms with Crippen molar-refractivity contribution in [2.75, 3.05) is 0 Å². The maximum atomic E-state index is 10.3. The molecule has 0 saturated carbocycles. The molecule has 2 atom stereocenters. The molecular weight excluding hydrogens is 304 g/mol. The van der Waals surface area contributed by atoms with Crippen LogP contribution < -0.4 is 4.74 Å². The van der Waals surface area contributed by atoms with Gasteiger partial charge in [-0.2, -0.15) is 0 Å². The normalized spacial score (nSPS) is 13.5. The second-order valence-electron chi connectivity index (χ2n) is 5.74. The monoisotopic (exact) mass is 330 g/mol. The maximum Gasteiger partial charge on any atom is 0.202 e. The van der Waals surface area contributed by atoms with Gasteiger partial charge in [0.15, 0.2) is 6.29 Å². The standard InChI is InChI=1S/C20H26O4/c1-2-3-5-10-19(23-18-13-11-16(15-21)12-14-18)24-20(22)17-8-6-4-7-9-17/h4,6-9,11-14,19-22H,2-3,5,10,15H2,1H3. The molecule has 2 aromatic rings. The molecule has 0 aliphatic carbocycles. The Morgan fingerprint density at radius 1 is 0.958 bits per heavy atom. The van der Waals surface area contributed by atoms with Crippen LogP contribution in [0.15, 0.2) is 54.6 Å². The van der Waals surface area contributed by atoms with Crippen molar-refractivity contribution in [3.05, 3.63) is 65.7 Å². The molecule has 2 N–H and O–H groups in total. The number of benzene rings is 2. The lowest BCUT2D eigenvalue weighted by Crippen LogP contribution is -2.23. The molecule has 0 aliphatic rings. The molecule has 0 bridgehead atoms. The minimum Gasteiger partial charge on any atom is -0.465 e. The molecule has 0 saturated heterocycles. The Labute approximate surface area is 143 Å². The van der Waals surface area contributed by atoms with Crippen LogP contribution in [0.5, 0.6) is 5.75 Å². The van der Waals surface area contributed by atoms with Gasteiger partial charge in [0.25, 0.3) is 0 Å². The molecule has 0 heterocycles. The Morgan fingerprint density at radius 3 is 2.29 bits per heavy atom. The van der Waals surface area contributed by atoms with Gasteiger partial charge in [0, 0.05) is 12.0 Å². The van der Waals surface area contributed by atoms with Crippen molar-refractivity contribution >= 4 is 0 Å². The number of rotatable bonds is 10. The fraction of sp³-hybridized carbons (Fsp3) is 0.400. The minimum atomic E-state index is -1.02. The summed E-state index contributed by atoms with van der Waals surface area (Å²) in [7, 11) is 0. The van der Waals surface area contributed by atoms with Crippen molar-refractivity contribution in [2.24, 2.45) is 0 Å². The van der Waals surface area contributed by atoms with E-state index in [0.717, 1.165) is 24.8 Å². The molecule has 2 aromatic carbocycles. The zero-order chi connectivity index (χ0) is 17.2. The number of aliphatic hydroxyl groups excluding tert-OH is 2. The van der Waals surface area contributed by atoms with E-state index in [4.69, 9.17) is 14.6 Å². The Morgan fingerprint density at radius 2 is 1.67 bits per heavy atom. The second kappa shape index (κ2) is 10.1. The van der Waals surface area contributed by atoms with Crippen molar-refractivity contribution in [3.8, 4) is 5.75 Å². The summed E-state index contributed by atoms with van der Waals surface area (Å²) in [4.78, 5) is 0. The number of ether oxygens (including phenoxy) is 2. The first-order valence-corrected chi connectivity index (χ1v) is 8.48. The van der Waals surface area contributed by atoms with Crippen LogP contribution in [0.2, 0.25) is 0 Å². The molecule has 4 heteroatoms. The van der Waals surface area contributed by atoms with Crippen molar-refractivity contribution in [1.82, 2.24) is 0 Å². The van der Waals surface area contributed by atoms with E-state index in [-0.39, 0.29) is 6.61 Å². The van der Waals surface area contributed by atoms with Crippen LogP contribution in [0.1, 0.15) is 50.0 Å². The lowest BCUT2D eigenvalue weighted by Gasteiger charge is -2.23. The summed E-state index contributed by atoms with van der Waals surface area (Å²) in [5.74, 6) is 0.661. The van der Waals surface area contributed by atoms with E-state index in [0.29, 0.717) is 17.7 Å². The quantitative estimate of drug-likeness (QED) is 0.507. The molecule has 2 unspecified atom stereocenters. The zero-order valence-corrected chi connectivity index (χ0v) is 14.1. The third kappa shape index (κ3) is 5.96. The average molecular weight is 330 g/mol. The Kier molecular flexibility index (Phi) is 7.75. The summed E-state index contributed by atoms with van der Waals surface area (Å²) >= 11 is 0. The summed E-state index contributed by atoms with van der Waals surface area (Å²) in [5, 5.41) is 19.4. The highest BCUT2D eigenvalue weighted by molar-refractivity contribution is 5.27. The Hall–Kier alpha value is -1.88. The van der Waals surface area contributed by atoms with Crippen LogP contribution in [0, 0.1) is 0 Å². The molecule has 0 spiro atoms. The van der Waals surface area contributed by atoms with Crippen LogP contribution in [0.3, 0.4) is 0 Å². The van der Waals surface area contributed by atoms with Gasteiger partial charge in [-0.25, -0.2) is 0 Å². The number of hydrogen-bond acceptors (Lipinski definition) is 4. The van der Waals surface area contributed by atoms with E-state index in [9.17, 15) is 5.11 Å². The van der Waals surface area contributed by atoms with Crippen LogP contribution in [-0.2, 0) is 11.3 Å². The average Bonchev–Trinajstić information content (AvgIpc) is 2.63. The highest BCUT2D eigenvalue weighted by Crippen LogP contribution is 2.22. The zero-order valence-electron chi connectivity index (χ0n) is 14.1. The summed E-state index contributed by atoms with van der Waals surface area (Å²) in [6.07, 6.45) is 2.34. The highest BCUT2D eigenvalue weighted by atomic mass is 16.7. The van der Waals surface area contributed by atoms with E-state index in [1.165, 1.54) is 0 Å². The van der Waals surface area contributed by atoms with Gasteiger partial charge in [-0.3, -0.25) is 0 Å². The second-order valence-corrected chi connectivity index (χ2v) is 5.74. The fourth-order valence-corrected chi connectivity index (χ4v) is 2.38. The predicted molar refractivity (Wildman–Crippen MR) is 93.4 cm³/mol. The number of hydrogen-bond donors (Lipinski definition) is 2. The molecule has 130 valence electrons. The minimum absolute atomic E-state index is 0.00340. The molecule has 0 aliphatic heterocycles. The van der Waals surface area contributed by atoms with Gasteiger partial charge in [-0.15, -0.1) is 0 Å². The molecule has 0 amide bonds. The van der Waals surface area contributed by atoms with E-state index >= 15 is 0 Å². The van der Waals surface area contributed by atoms with E-state index in [1.54, 1.807) is 12.1 Å². The Balaban J connectivity index is 2.00. The molecule has 0 aromatic heterocycles. The molecule has 2 rings (SSSR count). The molecule has 24 heavy (non-hydrogen) atoms.